The molecule has 3 rings (SSSR count). The number of hydrogen-bond donors (Lipinski definition) is 0. The van der Waals surface area contributed by atoms with Gasteiger partial charge in [-0.05, 0) is 37.1 Å². The molecule has 1 aromatic heterocycles. The van der Waals surface area contributed by atoms with E-state index in [4.69, 9.17) is 16.3 Å². The van der Waals surface area contributed by atoms with E-state index >= 15 is 0 Å². The number of para-hydroxylation sites is 1. The quantitative estimate of drug-likeness (QED) is 0.598. The third kappa shape index (κ3) is 3.35. The van der Waals surface area contributed by atoms with E-state index in [-0.39, 0.29) is 17.2 Å². The molecule has 0 fully saturated rings. The first-order chi connectivity index (χ1) is 12.0. The Balaban J connectivity index is 1.95. The van der Waals surface area contributed by atoms with Gasteiger partial charge in [-0.2, -0.15) is 0 Å². The van der Waals surface area contributed by atoms with Crippen molar-refractivity contribution >= 4 is 28.5 Å². The number of hydrogen-bond acceptors (Lipinski definition) is 3. The molecule has 25 heavy (non-hydrogen) atoms. The Morgan fingerprint density at radius 3 is 2.68 bits per heavy atom. The highest BCUT2D eigenvalue weighted by Gasteiger charge is 2.20. The number of carbonyl (C=O) groups excluding carboxylic acids is 1. The van der Waals surface area contributed by atoms with E-state index in [0.717, 1.165) is 16.5 Å². The lowest BCUT2D eigenvalue weighted by atomic mass is 10.0. The zero-order valence-electron chi connectivity index (χ0n) is 14.0. The molecule has 0 radical (unpaired) electrons. The molecule has 0 aliphatic rings. The van der Waals surface area contributed by atoms with Gasteiger partial charge in [0.1, 0.15) is 12.4 Å². The summed E-state index contributed by atoms with van der Waals surface area (Å²) in [7, 11) is 0. The molecule has 0 aliphatic heterocycles. The molecule has 0 spiro atoms. The zero-order valence-corrected chi connectivity index (χ0v) is 14.7. The average molecular weight is 358 g/mol. The maximum atomic E-state index is 13.8. The number of aromatic nitrogens is 1. The van der Waals surface area contributed by atoms with E-state index in [1.807, 2.05) is 38.1 Å². The predicted molar refractivity (Wildman–Crippen MR) is 96.4 cm³/mol. The van der Waals surface area contributed by atoms with Crippen LogP contribution in [0.4, 0.5) is 4.39 Å². The Morgan fingerprint density at radius 2 is 1.96 bits per heavy atom. The van der Waals surface area contributed by atoms with Crippen molar-refractivity contribution < 1.29 is 13.9 Å². The summed E-state index contributed by atoms with van der Waals surface area (Å²) in [6.45, 7) is 3.58. The summed E-state index contributed by atoms with van der Waals surface area (Å²) in [6.07, 6.45) is 0.594. The van der Waals surface area contributed by atoms with Crippen molar-refractivity contribution in [1.29, 1.82) is 0 Å². The Hall–Kier alpha value is -2.46. The maximum absolute atomic E-state index is 13.8. The summed E-state index contributed by atoms with van der Waals surface area (Å²) in [4.78, 5) is 17.2. The van der Waals surface area contributed by atoms with Crippen LogP contribution in [-0.4, -0.2) is 11.0 Å². The third-order valence-corrected chi connectivity index (χ3v) is 4.53. The standard InChI is InChI=1S/C20H17ClFNO2/c1-3-17-19(12(2)13-7-4-5-10-18(13)23-17)20(24)25-11-14-15(21)8-6-9-16(14)22/h4-10H,3,11H2,1-2H3. The fourth-order valence-corrected chi connectivity index (χ4v) is 3.07. The van der Waals surface area contributed by atoms with Gasteiger partial charge in [-0.1, -0.05) is 42.8 Å². The van der Waals surface area contributed by atoms with Crippen LogP contribution in [0.1, 0.15) is 34.1 Å². The molecular weight excluding hydrogens is 341 g/mol. The molecule has 1 heterocycles. The van der Waals surface area contributed by atoms with E-state index in [1.54, 1.807) is 6.07 Å². The predicted octanol–water partition coefficient (Wildman–Crippen LogP) is 5.26. The molecule has 0 aliphatic carbocycles. The van der Waals surface area contributed by atoms with Crippen LogP contribution in [0.5, 0.6) is 0 Å². The van der Waals surface area contributed by atoms with Crippen LogP contribution >= 0.6 is 11.6 Å². The van der Waals surface area contributed by atoms with Gasteiger partial charge in [0.15, 0.2) is 0 Å². The first kappa shape index (κ1) is 17.4. The Bertz CT molecular complexity index is 936. The molecule has 0 bridgehead atoms. The van der Waals surface area contributed by atoms with Crippen molar-refractivity contribution in [3.63, 3.8) is 0 Å². The van der Waals surface area contributed by atoms with E-state index in [0.29, 0.717) is 17.7 Å². The minimum atomic E-state index is -0.521. The zero-order chi connectivity index (χ0) is 18.0. The first-order valence-electron chi connectivity index (χ1n) is 8.01. The van der Waals surface area contributed by atoms with Crippen molar-refractivity contribution in [3.05, 3.63) is 75.7 Å². The Morgan fingerprint density at radius 1 is 1.20 bits per heavy atom. The van der Waals surface area contributed by atoms with Crippen molar-refractivity contribution in [1.82, 2.24) is 4.98 Å². The van der Waals surface area contributed by atoms with Crippen LogP contribution in [0.25, 0.3) is 10.9 Å². The molecule has 3 aromatic rings. The average Bonchev–Trinajstić information content (AvgIpc) is 2.61. The number of carbonyl (C=O) groups is 1. The molecule has 0 atom stereocenters. The Labute approximate surface area is 150 Å². The highest BCUT2D eigenvalue weighted by Crippen LogP contribution is 2.25. The minimum Gasteiger partial charge on any atom is -0.457 e. The van der Waals surface area contributed by atoms with Gasteiger partial charge in [-0.25, -0.2) is 9.18 Å². The molecular formula is C20H17ClFNO2. The van der Waals surface area contributed by atoms with Gasteiger partial charge in [0.25, 0.3) is 0 Å². The lowest BCUT2D eigenvalue weighted by Crippen LogP contribution is -2.13. The number of rotatable bonds is 4. The van der Waals surface area contributed by atoms with Gasteiger partial charge in [-0.15, -0.1) is 0 Å². The summed E-state index contributed by atoms with van der Waals surface area (Å²) in [5.41, 5.74) is 2.93. The van der Waals surface area contributed by atoms with Gasteiger partial charge in [0.05, 0.1) is 21.8 Å². The van der Waals surface area contributed by atoms with E-state index in [9.17, 15) is 9.18 Å². The van der Waals surface area contributed by atoms with Gasteiger partial charge < -0.3 is 4.74 Å². The number of halogens is 2. The van der Waals surface area contributed by atoms with Crippen LogP contribution in [0.2, 0.25) is 5.02 Å². The second-order valence-electron chi connectivity index (χ2n) is 5.71. The third-order valence-electron chi connectivity index (χ3n) is 4.18. The number of nitrogens with zero attached hydrogens (tertiary/aromatic N) is 1. The largest absolute Gasteiger partial charge is 0.457 e. The molecule has 0 N–H and O–H groups in total. The van der Waals surface area contributed by atoms with Crippen LogP contribution in [-0.2, 0) is 17.8 Å². The van der Waals surface area contributed by atoms with Gasteiger partial charge in [-0.3, -0.25) is 4.98 Å². The lowest BCUT2D eigenvalue weighted by molar-refractivity contribution is 0.0466. The molecule has 0 saturated heterocycles. The van der Waals surface area contributed by atoms with Crippen LogP contribution in [0, 0.1) is 12.7 Å². The summed E-state index contributed by atoms with van der Waals surface area (Å²) in [5.74, 6) is -1.02. The molecule has 5 heteroatoms. The second kappa shape index (κ2) is 7.19. The SMILES string of the molecule is CCc1nc2ccccc2c(C)c1C(=O)OCc1c(F)cccc1Cl. The van der Waals surface area contributed by atoms with Gasteiger partial charge >= 0.3 is 5.97 Å². The van der Waals surface area contributed by atoms with E-state index < -0.39 is 11.8 Å². The second-order valence-corrected chi connectivity index (χ2v) is 6.11. The molecule has 128 valence electrons. The highest BCUT2D eigenvalue weighted by molar-refractivity contribution is 6.31. The normalized spacial score (nSPS) is 10.9. The summed E-state index contributed by atoms with van der Waals surface area (Å²) < 4.78 is 19.2. The number of aryl methyl sites for hydroxylation is 2. The van der Waals surface area contributed by atoms with Crippen LogP contribution in [0.15, 0.2) is 42.5 Å². The minimum absolute atomic E-state index is 0.168. The number of fused-ring (bicyclic) bond motifs is 1. The van der Waals surface area contributed by atoms with Crippen LogP contribution < -0.4 is 0 Å². The fourth-order valence-electron chi connectivity index (χ4n) is 2.85. The maximum Gasteiger partial charge on any atom is 0.340 e. The number of benzene rings is 2. The van der Waals surface area contributed by atoms with E-state index in [1.165, 1.54) is 12.1 Å². The number of ether oxygens (including phenoxy) is 1. The highest BCUT2D eigenvalue weighted by atomic mass is 35.5. The topological polar surface area (TPSA) is 39.2 Å². The smallest absolute Gasteiger partial charge is 0.340 e. The fraction of sp³-hybridized carbons (Fsp3) is 0.200. The van der Waals surface area contributed by atoms with E-state index in [2.05, 4.69) is 4.98 Å². The van der Waals surface area contributed by atoms with Crippen molar-refractivity contribution in [2.45, 2.75) is 26.9 Å². The Kier molecular flexibility index (Phi) is 5.00. The molecule has 0 amide bonds. The van der Waals surface area contributed by atoms with Gasteiger partial charge in [0, 0.05) is 10.9 Å². The van der Waals surface area contributed by atoms with Gasteiger partial charge in [0.2, 0.25) is 0 Å². The number of esters is 1. The van der Waals surface area contributed by atoms with Crippen molar-refractivity contribution in [2.24, 2.45) is 0 Å². The van der Waals surface area contributed by atoms with Crippen molar-refractivity contribution in [3.8, 4) is 0 Å². The molecule has 0 unspecified atom stereocenters. The summed E-state index contributed by atoms with van der Waals surface area (Å²) >= 11 is 5.98. The van der Waals surface area contributed by atoms with Crippen molar-refractivity contribution in [2.75, 3.05) is 0 Å². The monoisotopic (exact) mass is 357 g/mol. The summed E-state index contributed by atoms with van der Waals surface area (Å²) in [5, 5.41) is 1.13. The molecule has 0 saturated carbocycles. The lowest BCUT2D eigenvalue weighted by Gasteiger charge is -2.14. The summed E-state index contributed by atoms with van der Waals surface area (Å²) in [6, 6.07) is 12.0. The number of pyridine rings is 1. The molecule has 2 aromatic carbocycles. The molecule has 3 nitrogen and oxygen atoms in total. The van der Waals surface area contributed by atoms with Crippen LogP contribution in [0.3, 0.4) is 0 Å². The first-order valence-corrected chi connectivity index (χ1v) is 8.39.